The zero-order valence-electron chi connectivity index (χ0n) is 12.4. The molecule has 106 valence electrons. The van der Waals surface area contributed by atoms with E-state index in [0.717, 1.165) is 24.8 Å². The maximum atomic E-state index is 11.9. The van der Waals surface area contributed by atoms with Crippen molar-refractivity contribution in [3.63, 3.8) is 0 Å². The van der Waals surface area contributed by atoms with Gasteiger partial charge < -0.3 is 4.74 Å². The maximum Gasteiger partial charge on any atom is 0.308 e. The number of ketones is 1. The Balaban J connectivity index is 2.30. The van der Waals surface area contributed by atoms with Crippen molar-refractivity contribution in [2.45, 2.75) is 46.5 Å². The minimum atomic E-state index is -0.129. The molecule has 3 nitrogen and oxygen atoms in total. The number of carbonyl (C=O) groups is 2. The summed E-state index contributed by atoms with van der Waals surface area (Å²) in [4.78, 5) is 23.7. The second-order valence-corrected chi connectivity index (χ2v) is 6.47. The molecule has 2 aliphatic carbocycles. The van der Waals surface area contributed by atoms with E-state index in [2.05, 4.69) is 13.0 Å². The van der Waals surface area contributed by atoms with E-state index in [-0.39, 0.29) is 23.1 Å². The Bertz CT molecular complexity index is 424. The highest BCUT2D eigenvalue weighted by Crippen LogP contribution is 2.54. The molecule has 1 saturated carbocycles. The normalized spacial score (nSPS) is 36.2. The number of rotatable bonds is 2. The predicted octanol–water partition coefficient (Wildman–Crippen LogP) is 3.14. The Kier molecular flexibility index (Phi) is 3.84. The van der Waals surface area contributed by atoms with Crippen LogP contribution < -0.4 is 0 Å². The third-order valence-corrected chi connectivity index (χ3v) is 5.32. The first-order valence-corrected chi connectivity index (χ1v) is 7.18. The molecule has 0 aromatic heterocycles. The highest BCUT2D eigenvalue weighted by atomic mass is 16.5. The van der Waals surface area contributed by atoms with Crippen LogP contribution in [0.2, 0.25) is 0 Å². The van der Waals surface area contributed by atoms with Gasteiger partial charge in [-0.05, 0) is 49.0 Å². The molecule has 0 spiro atoms. The summed E-state index contributed by atoms with van der Waals surface area (Å²) in [5.41, 5.74) is 1.04. The van der Waals surface area contributed by atoms with E-state index in [0.29, 0.717) is 18.3 Å². The highest BCUT2D eigenvalue weighted by molar-refractivity contribution is 5.95. The zero-order chi connectivity index (χ0) is 14.2. The number of methoxy groups -OCH3 is 1. The molecule has 0 heterocycles. The second-order valence-electron chi connectivity index (χ2n) is 6.47. The van der Waals surface area contributed by atoms with Gasteiger partial charge in [-0.1, -0.05) is 19.9 Å². The summed E-state index contributed by atoms with van der Waals surface area (Å²) < 4.78 is 4.89. The van der Waals surface area contributed by atoms with Crippen molar-refractivity contribution in [2.75, 3.05) is 7.11 Å². The quantitative estimate of drug-likeness (QED) is 0.720. The lowest BCUT2D eigenvalue weighted by Gasteiger charge is -2.32. The van der Waals surface area contributed by atoms with Crippen molar-refractivity contribution in [1.29, 1.82) is 0 Å². The zero-order valence-corrected chi connectivity index (χ0v) is 12.4. The number of carbonyl (C=O) groups excluding carboxylic acids is 2. The van der Waals surface area contributed by atoms with Gasteiger partial charge in [0.2, 0.25) is 0 Å². The number of Topliss-reactive ketones (excluding diaryl/α,β-unsaturated/α-hetero) is 1. The van der Waals surface area contributed by atoms with Crippen molar-refractivity contribution in [2.24, 2.45) is 23.2 Å². The van der Waals surface area contributed by atoms with E-state index in [4.69, 9.17) is 4.74 Å². The summed E-state index contributed by atoms with van der Waals surface area (Å²) in [5.74, 6) is 0.677. The third-order valence-electron chi connectivity index (χ3n) is 5.32. The number of ether oxygens (including phenoxy) is 1. The van der Waals surface area contributed by atoms with Crippen LogP contribution in [0.15, 0.2) is 11.6 Å². The van der Waals surface area contributed by atoms with Gasteiger partial charge in [0.05, 0.1) is 13.0 Å². The van der Waals surface area contributed by atoms with Crippen LogP contribution >= 0.6 is 0 Å². The SMILES string of the molecule is COC(=O)[C@@H](C)[C@@H]1CC[C@@]2(C)CCC(=O)C(C)=C[C@H]12. The predicted molar refractivity (Wildman–Crippen MR) is 73.5 cm³/mol. The number of esters is 1. The molecule has 1 fully saturated rings. The first-order valence-electron chi connectivity index (χ1n) is 7.18. The van der Waals surface area contributed by atoms with E-state index in [1.807, 2.05) is 13.8 Å². The van der Waals surface area contributed by atoms with Crippen LogP contribution in [0.3, 0.4) is 0 Å². The topological polar surface area (TPSA) is 43.4 Å². The summed E-state index contributed by atoms with van der Waals surface area (Å²) in [6.07, 6.45) is 5.87. The highest BCUT2D eigenvalue weighted by Gasteiger charge is 2.48. The third kappa shape index (κ3) is 2.47. The Labute approximate surface area is 115 Å². The number of hydrogen-bond acceptors (Lipinski definition) is 3. The lowest BCUT2D eigenvalue weighted by Crippen LogP contribution is -2.30. The molecule has 0 aromatic carbocycles. The van der Waals surface area contributed by atoms with Crippen molar-refractivity contribution >= 4 is 11.8 Å². The number of allylic oxidation sites excluding steroid dienone is 2. The molecule has 2 rings (SSSR count). The van der Waals surface area contributed by atoms with E-state index in [1.165, 1.54) is 7.11 Å². The van der Waals surface area contributed by atoms with E-state index < -0.39 is 0 Å². The minimum absolute atomic E-state index is 0.0888. The van der Waals surface area contributed by atoms with Crippen LogP contribution in [0.5, 0.6) is 0 Å². The average molecular weight is 264 g/mol. The fourth-order valence-electron chi connectivity index (χ4n) is 3.86. The maximum absolute atomic E-state index is 11.9. The monoisotopic (exact) mass is 264 g/mol. The fraction of sp³-hybridized carbons (Fsp3) is 0.750. The van der Waals surface area contributed by atoms with Crippen molar-refractivity contribution in [3.05, 3.63) is 11.6 Å². The van der Waals surface area contributed by atoms with Crippen molar-refractivity contribution < 1.29 is 14.3 Å². The molecule has 0 radical (unpaired) electrons. The van der Waals surface area contributed by atoms with E-state index in [1.54, 1.807) is 0 Å². The average Bonchev–Trinajstić information content (AvgIpc) is 2.67. The summed E-state index contributed by atoms with van der Waals surface area (Å²) >= 11 is 0. The van der Waals surface area contributed by atoms with Crippen molar-refractivity contribution in [1.82, 2.24) is 0 Å². The lowest BCUT2D eigenvalue weighted by atomic mass is 9.72. The fourth-order valence-corrected chi connectivity index (χ4v) is 3.86. The molecule has 3 heteroatoms. The smallest absolute Gasteiger partial charge is 0.308 e. The van der Waals surface area contributed by atoms with Gasteiger partial charge in [-0.25, -0.2) is 0 Å². The molecule has 0 aliphatic heterocycles. The Morgan fingerprint density at radius 2 is 2.16 bits per heavy atom. The van der Waals surface area contributed by atoms with E-state index in [9.17, 15) is 9.59 Å². The molecule has 4 atom stereocenters. The Morgan fingerprint density at radius 3 is 2.79 bits per heavy atom. The standard InChI is InChI=1S/C16H24O3/c1-10-9-13-12(11(2)15(18)19-4)5-7-16(13,3)8-6-14(10)17/h9,11-13H,5-8H2,1-4H3/t11-,12-,13+,16-/m0/s1. The first-order chi connectivity index (χ1) is 8.89. The summed E-state index contributed by atoms with van der Waals surface area (Å²) in [6, 6.07) is 0. The molecule has 0 saturated heterocycles. The minimum Gasteiger partial charge on any atom is -0.469 e. The number of fused-ring (bicyclic) bond motifs is 1. The summed E-state index contributed by atoms with van der Waals surface area (Å²) in [5, 5.41) is 0. The molecule has 19 heavy (non-hydrogen) atoms. The molecule has 0 unspecified atom stereocenters. The van der Waals surface area contributed by atoms with Crippen LogP contribution in [-0.2, 0) is 14.3 Å². The van der Waals surface area contributed by atoms with Crippen LogP contribution in [0.4, 0.5) is 0 Å². The van der Waals surface area contributed by atoms with Crippen LogP contribution in [0, 0.1) is 23.2 Å². The molecular formula is C16H24O3. The van der Waals surface area contributed by atoms with Gasteiger partial charge in [0.1, 0.15) is 0 Å². The van der Waals surface area contributed by atoms with Gasteiger partial charge in [0.15, 0.2) is 5.78 Å². The summed E-state index contributed by atoms with van der Waals surface area (Å²) in [7, 11) is 1.45. The Hall–Kier alpha value is -1.12. The molecule has 0 N–H and O–H groups in total. The molecular weight excluding hydrogens is 240 g/mol. The number of hydrogen-bond donors (Lipinski definition) is 0. The first kappa shape index (κ1) is 14.3. The van der Waals surface area contributed by atoms with Gasteiger partial charge in [-0.15, -0.1) is 0 Å². The van der Waals surface area contributed by atoms with Crippen LogP contribution in [0.25, 0.3) is 0 Å². The van der Waals surface area contributed by atoms with Gasteiger partial charge in [-0.2, -0.15) is 0 Å². The van der Waals surface area contributed by atoms with Gasteiger partial charge in [-0.3, -0.25) is 9.59 Å². The molecule has 0 aromatic rings. The second kappa shape index (κ2) is 5.10. The lowest BCUT2D eigenvalue weighted by molar-refractivity contribution is -0.147. The molecule has 2 aliphatic rings. The van der Waals surface area contributed by atoms with E-state index >= 15 is 0 Å². The van der Waals surface area contributed by atoms with Crippen LogP contribution in [0.1, 0.15) is 46.5 Å². The molecule has 0 bridgehead atoms. The van der Waals surface area contributed by atoms with Gasteiger partial charge in [0, 0.05) is 6.42 Å². The largest absolute Gasteiger partial charge is 0.469 e. The van der Waals surface area contributed by atoms with Crippen molar-refractivity contribution in [3.8, 4) is 0 Å². The van der Waals surface area contributed by atoms with Gasteiger partial charge >= 0.3 is 5.97 Å². The molecule has 0 amide bonds. The van der Waals surface area contributed by atoms with Gasteiger partial charge in [0.25, 0.3) is 0 Å². The Morgan fingerprint density at radius 1 is 1.47 bits per heavy atom. The van der Waals surface area contributed by atoms with Crippen LogP contribution in [-0.4, -0.2) is 18.9 Å². The summed E-state index contributed by atoms with van der Waals surface area (Å²) in [6.45, 7) is 6.13.